The number of carboxylic acid groups (broad SMARTS) is 1. The lowest BCUT2D eigenvalue weighted by molar-refractivity contribution is -0.144. The molecule has 0 fully saturated rings. The fourth-order valence-electron chi connectivity index (χ4n) is 2.09. The summed E-state index contributed by atoms with van der Waals surface area (Å²) in [6.45, 7) is 1.80. The van der Waals surface area contributed by atoms with Crippen LogP contribution in [0.25, 0.3) is 11.3 Å². The van der Waals surface area contributed by atoms with Crippen LogP contribution in [0.15, 0.2) is 34.9 Å². The second-order valence-electron chi connectivity index (χ2n) is 4.93. The van der Waals surface area contributed by atoms with E-state index in [1.807, 2.05) is 12.1 Å². The number of aryl methyl sites for hydroxylation is 1. The lowest BCUT2D eigenvalue weighted by Gasteiger charge is -2.17. The number of amides is 1. The third kappa shape index (κ3) is 4.82. The van der Waals surface area contributed by atoms with Gasteiger partial charge in [0.2, 0.25) is 5.91 Å². The number of oxazole rings is 1. The summed E-state index contributed by atoms with van der Waals surface area (Å²) in [4.78, 5) is 28.1. The molecule has 0 saturated heterocycles. The number of hydrogen-bond donors (Lipinski definition) is 1. The molecule has 2 aromatic rings. The maximum Gasteiger partial charge on any atom is 0.323 e. The number of halogens is 1. The Labute approximate surface area is 138 Å². The Morgan fingerprint density at radius 3 is 2.61 bits per heavy atom. The summed E-state index contributed by atoms with van der Waals surface area (Å²) in [5.41, 5.74) is 0.848. The molecule has 6 nitrogen and oxygen atoms in total. The van der Waals surface area contributed by atoms with Crippen LogP contribution >= 0.6 is 11.6 Å². The number of carbonyl (C=O) groups excluding carboxylic acids is 1. The monoisotopic (exact) mass is 336 g/mol. The minimum absolute atomic E-state index is 0.154. The largest absolute Gasteiger partial charge is 0.480 e. The molecule has 23 heavy (non-hydrogen) atoms. The van der Waals surface area contributed by atoms with E-state index < -0.39 is 5.97 Å². The number of carboxylic acids is 1. The quantitative estimate of drug-likeness (QED) is 0.840. The first-order valence-electron chi connectivity index (χ1n) is 7.19. The number of aliphatic carboxylic acids is 1. The van der Waals surface area contributed by atoms with E-state index in [2.05, 4.69) is 4.98 Å². The Morgan fingerprint density at radius 1 is 1.30 bits per heavy atom. The van der Waals surface area contributed by atoms with Gasteiger partial charge in [-0.1, -0.05) is 11.6 Å². The molecule has 1 aromatic carbocycles. The van der Waals surface area contributed by atoms with Crippen molar-refractivity contribution in [3.8, 4) is 11.3 Å². The zero-order valence-electron chi connectivity index (χ0n) is 12.7. The minimum atomic E-state index is -1.03. The molecule has 0 atom stereocenters. The van der Waals surface area contributed by atoms with E-state index >= 15 is 0 Å². The molecule has 0 unspecified atom stereocenters. The minimum Gasteiger partial charge on any atom is -0.480 e. The Balaban J connectivity index is 1.95. The van der Waals surface area contributed by atoms with Crippen molar-refractivity contribution in [2.24, 2.45) is 0 Å². The molecule has 0 radical (unpaired) electrons. The van der Waals surface area contributed by atoms with Crippen LogP contribution in [0.3, 0.4) is 0 Å². The molecule has 0 saturated carbocycles. The average molecular weight is 337 g/mol. The molecule has 122 valence electrons. The zero-order valence-corrected chi connectivity index (χ0v) is 13.4. The van der Waals surface area contributed by atoms with Gasteiger partial charge in [0.05, 0.1) is 6.20 Å². The first-order chi connectivity index (χ1) is 11.0. The van der Waals surface area contributed by atoms with Crippen molar-refractivity contribution < 1.29 is 19.1 Å². The summed E-state index contributed by atoms with van der Waals surface area (Å²) in [6.07, 6.45) is 2.07. The summed E-state index contributed by atoms with van der Waals surface area (Å²) in [7, 11) is 0. The van der Waals surface area contributed by atoms with E-state index in [1.165, 1.54) is 4.90 Å². The van der Waals surface area contributed by atoms with Crippen LogP contribution in [0.1, 0.15) is 19.2 Å². The highest BCUT2D eigenvalue weighted by Gasteiger charge is 2.16. The molecule has 2 rings (SSSR count). The summed E-state index contributed by atoms with van der Waals surface area (Å²) in [5, 5.41) is 9.40. The summed E-state index contributed by atoms with van der Waals surface area (Å²) < 4.78 is 5.61. The van der Waals surface area contributed by atoms with Gasteiger partial charge < -0.3 is 14.4 Å². The van der Waals surface area contributed by atoms with E-state index in [9.17, 15) is 9.59 Å². The van der Waals surface area contributed by atoms with E-state index in [1.54, 1.807) is 25.3 Å². The Kier molecular flexibility index (Phi) is 5.76. The first kappa shape index (κ1) is 17.0. The van der Waals surface area contributed by atoms with Gasteiger partial charge in [-0.2, -0.15) is 0 Å². The molecule has 1 amide bonds. The molecule has 0 aliphatic heterocycles. The smallest absolute Gasteiger partial charge is 0.323 e. The maximum atomic E-state index is 12.0. The third-order valence-electron chi connectivity index (χ3n) is 3.30. The highest BCUT2D eigenvalue weighted by Crippen LogP contribution is 2.22. The van der Waals surface area contributed by atoms with Crippen molar-refractivity contribution in [1.29, 1.82) is 0 Å². The SMILES string of the molecule is CCN(CC(=O)O)C(=O)CCc1ncc(-c2ccc(Cl)cc2)o1. The third-order valence-corrected chi connectivity index (χ3v) is 3.55. The van der Waals surface area contributed by atoms with Crippen LogP contribution < -0.4 is 0 Å². The number of nitrogens with zero attached hydrogens (tertiary/aromatic N) is 2. The van der Waals surface area contributed by atoms with Crippen molar-refractivity contribution in [2.45, 2.75) is 19.8 Å². The van der Waals surface area contributed by atoms with Gasteiger partial charge in [0.25, 0.3) is 0 Å². The molecule has 1 aromatic heterocycles. The molecule has 1 N–H and O–H groups in total. The van der Waals surface area contributed by atoms with Crippen LogP contribution in [-0.2, 0) is 16.0 Å². The fourth-order valence-corrected chi connectivity index (χ4v) is 2.21. The van der Waals surface area contributed by atoms with Crippen molar-refractivity contribution in [2.75, 3.05) is 13.1 Å². The molecule has 0 aliphatic rings. The summed E-state index contributed by atoms with van der Waals surface area (Å²) in [5.74, 6) is -0.223. The van der Waals surface area contributed by atoms with Gasteiger partial charge in [0.1, 0.15) is 6.54 Å². The first-order valence-corrected chi connectivity index (χ1v) is 7.57. The summed E-state index contributed by atoms with van der Waals surface area (Å²) >= 11 is 5.84. The van der Waals surface area contributed by atoms with Crippen molar-refractivity contribution in [3.05, 3.63) is 41.4 Å². The van der Waals surface area contributed by atoms with E-state index in [0.29, 0.717) is 29.6 Å². The standard InChI is InChI=1S/C16H17ClN2O4/c1-2-19(10-16(21)22)15(20)8-7-14-18-9-13(23-14)11-3-5-12(17)6-4-11/h3-6,9H,2,7-8,10H2,1H3,(H,21,22). The van der Waals surface area contributed by atoms with Crippen LogP contribution in [-0.4, -0.2) is 40.0 Å². The van der Waals surface area contributed by atoms with Gasteiger partial charge in [-0.25, -0.2) is 4.98 Å². The number of carbonyl (C=O) groups is 2. The summed E-state index contributed by atoms with van der Waals surface area (Å²) in [6, 6.07) is 7.16. The maximum absolute atomic E-state index is 12.0. The van der Waals surface area contributed by atoms with Gasteiger partial charge in [-0.15, -0.1) is 0 Å². The van der Waals surface area contributed by atoms with E-state index in [0.717, 1.165) is 5.56 Å². The van der Waals surface area contributed by atoms with Gasteiger partial charge in [0, 0.05) is 30.0 Å². The van der Waals surface area contributed by atoms with E-state index in [4.69, 9.17) is 21.1 Å². The van der Waals surface area contributed by atoms with Gasteiger partial charge >= 0.3 is 5.97 Å². The second-order valence-corrected chi connectivity index (χ2v) is 5.36. The topological polar surface area (TPSA) is 83.6 Å². The van der Waals surface area contributed by atoms with E-state index in [-0.39, 0.29) is 18.9 Å². The molecule has 0 spiro atoms. The van der Waals surface area contributed by atoms with Crippen LogP contribution in [0, 0.1) is 0 Å². The molecular formula is C16H17ClN2O4. The highest BCUT2D eigenvalue weighted by atomic mass is 35.5. The number of rotatable bonds is 7. The van der Waals surface area contributed by atoms with Gasteiger partial charge in [-0.05, 0) is 31.2 Å². The lowest BCUT2D eigenvalue weighted by Crippen LogP contribution is -2.35. The van der Waals surface area contributed by atoms with Crippen molar-refractivity contribution in [3.63, 3.8) is 0 Å². The van der Waals surface area contributed by atoms with Gasteiger partial charge in [-0.3, -0.25) is 9.59 Å². The Morgan fingerprint density at radius 2 is 2.00 bits per heavy atom. The molecule has 1 heterocycles. The Bertz CT molecular complexity index is 682. The normalized spacial score (nSPS) is 10.5. The van der Waals surface area contributed by atoms with Crippen LogP contribution in [0.2, 0.25) is 5.02 Å². The number of hydrogen-bond acceptors (Lipinski definition) is 4. The number of likely N-dealkylation sites (N-methyl/N-ethyl adjacent to an activating group) is 1. The van der Waals surface area contributed by atoms with Gasteiger partial charge in [0.15, 0.2) is 11.7 Å². The molecule has 7 heteroatoms. The fraction of sp³-hybridized carbons (Fsp3) is 0.312. The molecule has 0 bridgehead atoms. The second kappa shape index (κ2) is 7.78. The van der Waals surface area contributed by atoms with Crippen LogP contribution in [0.4, 0.5) is 0 Å². The predicted octanol–water partition coefficient (Wildman–Crippen LogP) is 2.86. The highest BCUT2D eigenvalue weighted by molar-refractivity contribution is 6.30. The molecule has 0 aliphatic carbocycles. The lowest BCUT2D eigenvalue weighted by atomic mass is 10.2. The van der Waals surface area contributed by atoms with Crippen LogP contribution in [0.5, 0.6) is 0 Å². The number of benzene rings is 1. The van der Waals surface area contributed by atoms with Crippen molar-refractivity contribution in [1.82, 2.24) is 9.88 Å². The number of aromatic nitrogens is 1. The Hall–Kier alpha value is -2.34. The average Bonchev–Trinajstić information content (AvgIpc) is 2.99. The predicted molar refractivity (Wildman–Crippen MR) is 85.2 cm³/mol. The zero-order chi connectivity index (χ0) is 16.8. The molecular weight excluding hydrogens is 320 g/mol. The van der Waals surface area contributed by atoms with Crippen molar-refractivity contribution >= 4 is 23.5 Å².